The van der Waals surface area contributed by atoms with Gasteiger partial charge in [0, 0.05) is 11.6 Å². The zero-order chi connectivity index (χ0) is 14.1. The first-order valence-electron chi connectivity index (χ1n) is 6.46. The molecule has 1 amide bonds. The summed E-state index contributed by atoms with van der Waals surface area (Å²) >= 11 is 0. The van der Waals surface area contributed by atoms with Gasteiger partial charge in [0.1, 0.15) is 11.6 Å². The second-order valence-corrected chi connectivity index (χ2v) is 4.97. The zero-order valence-electron chi connectivity index (χ0n) is 10.6. The minimum Gasteiger partial charge on any atom is -0.326 e. The molecule has 2 aromatic carbocycles. The molecule has 1 aliphatic rings. The van der Waals surface area contributed by atoms with Gasteiger partial charge in [-0.25, -0.2) is 8.78 Å². The summed E-state index contributed by atoms with van der Waals surface area (Å²) in [5.74, 6) is -1.04. The molecule has 1 saturated carbocycles. The van der Waals surface area contributed by atoms with Crippen LogP contribution in [0.1, 0.15) is 17.9 Å². The summed E-state index contributed by atoms with van der Waals surface area (Å²) in [5.41, 5.74) is 1.14. The molecule has 3 rings (SSSR count). The second-order valence-electron chi connectivity index (χ2n) is 4.97. The Hall–Kier alpha value is -2.23. The van der Waals surface area contributed by atoms with Crippen molar-refractivity contribution in [3.8, 4) is 0 Å². The van der Waals surface area contributed by atoms with Crippen molar-refractivity contribution in [3.63, 3.8) is 0 Å². The van der Waals surface area contributed by atoms with Crippen LogP contribution in [0.15, 0.2) is 48.5 Å². The fraction of sp³-hybridized carbons (Fsp3) is 0.188. The van der Waals surface area contributed by atoms with E-state index in [1.807, 2.05) is 0 Å². The van der Waals surface area contributed by atoms with Gasteiger partial charge < -0.3 is 5.32 Å². The van der Waals surface area contributed by atoms with Crippen molar-refractivity contribution in [2.24, 2.45) is 5.92 Å². The van der Waals surface area contributed by atoms with E-state index in [9.17, 15) is 13.6 Å². The zero-order valence-corrected chi connectivity index (χ0v) is 10.6. The summed E-state index contributed by atoms with van der Waals surface area (Å²) in [5, 5.41) is 2.72. The smallest absolute Gasteiger partial charge is 0.228 e. The summed E-state index contributed by atoms with van der Waals surface area (Å²) in [6.45, 7) is 0. The molecule has 0 spiro atoms. The molecule has 102 valence electrons. The Kier molecular flexibility index (Phi) is 3.22. The molecule has 0 saturated heterocycles. The lowest BCUT2D eigenvalue weighted by atomic mass is 10.1. The molecule has 0 heterocycles. The van der Waals surface area contributed by atoms with Gasteiger partial charge >= 0.3 is 0 Å². The van der Waals surface area contributed by atoms with Gasteiger partial charge in [-0.1, -0.05) is 18.2 Å². The average molecular weight is 273 g/mol. The van der Waals surface area contributed by atoms with Crippen molar-refractivity contribution >= 4 is 11.6 Å². The second kappa shape index (κ2) is 5.04. The molecule has 2 atom stereocenters. The van der Waals surface area contributed by atoms with Gasteiger partial charge in [0.15, 0.2) is 0 Å². The monoisotopic (exact) mass is 273 g/mol. The first kappa shape index (κ1) is 12.8. The van der Waals surface area contributed by atoms with Gasteiger partial charge in [-0.05, 0) is 48.2 Å². The number of rotatable bonds is 3. The van der Waals surface area contributed by atoms with Crippen LogP contribution in [0.5, 0.6) is 0 Å². The van der Waals surface area contributed by atoms with Gasteiger partial charge in [-0.15, -0.1) is 0 Å². The molecule has 1 N–H and O–H groups in total. The number of benzene rings is 2. The lowest BCUT2D eigenvalue weighted by molar-refractivity contribution is -0.117. The van der Waals surface area contributed by atoms with Crippen molar-refractivity contribution in [2.75, 3.05) is 5.32 Å². The number of amides is 1. The highest BCUT2D eigenvalue weighted by molar-refractivity contribution is 5.95. The van der Waals surface area contributed by atoms with Crippen LogP contribution >= 0.6 is 0 Å². The number of halogens is 2. The minimum absolute atomic E-state index is 0.0587. The number of hydrogen-bond donors (Lipinski definition) is 1. The molecule has 0 bridgehead atoms. The van der Waals surface area contributed by atoms with Crippen LogP contribution < -0.4 is 5.32 Å². The fourth-order valence-corrected chi connectivity index (χ4v) is 2.37. The molecule has 0 radical (unpaired) electrons. The van der Waals surface area contributed by atoms with Crippen molar-refractivity contribution in [2.45, 2.75) is 12.3 Å². The largest absolute Gasteiger partial charge is 0.326 e. The van der Waals surface area contributed by atoms with Crippen LogP contribution in [0.2, 0.25) is 0 Å². The van der Waals surface area contributed by atoms with Crippen molar-refractivity contribution in [1.82, 2.24) is 0 Å². The Bertz CT molecular complexity index is 639. The van der Waals surface area contributed by atoms with E-state index in [0.29, 0.717) is 17.7 Å². The number of hydrogen-bond acceptors (Lipinski definition) is 1. The summed E-state index contributed by atoms with van der Waals surface area (Å²) in [7, 11) is 0. The van der Waals surface area contributed by atoms with Crippen LogP contribution in [0.4, 0.5) is 14.5 Å². The highest BCUT2D eigenvalue weighted by atomic mass is 19.1. The highest BCUT2D eigenvalue weighted by Crippen LogP contribution is 2.48. The predicted molar refractivity (Wildman–Crippen MR) is 72.3 cm³/mol. The molecule has 0 aliphatic heterocycles. The average Bonchev–Trinajstić information content (AvgIpc) is 3.22. The Balaban J connectivity index is 1.66. The fourth-order valence-electron chi connectivity index (χ4n) is 2.37. The van der Waals surface area contributed by atoms with E-state index in [0.717, 1.165) is 0 Å². The molecular formula is C16H13F2NO. The third-order valence-corrected chi connectivity index (χ3v) is 3.54. The molecular weight excluding hydrogens is 260 g/mol. The normalized spacial score (nSPS) is 20.5. The molecule has 2 aromatic rings. The number of anilines is 1. The van der Waals surface area contributed by atoms with Crippen LogP contribution in [0.3, 0.4) is 0 Å². The van der Waals surface area contributed by atoms with E-state index in [1.165, 1.54) is 30.3 Å². The Morgan fingerprint density at radius 3 is 2.45 bits per heavy atom. The highest BCUT2D eigenvalue weighted by Gasteiger charge is 2.45. The number of carbonyl (C=O) groups excluding carboxylic acids is 1. The van der Waals surface area contributed by atoms with E-state index in [2.05, 4.69) is 5.32 Å². The van der Waals surface area contributed by atoms with Crippen LogP contribution in [0.25, 0.3) is 0 Å². The molecule has 0 aromatic heterocycles. The van der Waals surface area contributed by atoms with E-state index in [1.54, 1.807) is 18.2 Å². The summed E-state index contributed by atoms with van der Waals surface area (Å²) in [4.78, 5) is 12.0. The van der Waals surface area contributed by atoms with E-state index in [-0.39, 0.29) is 29.4 Å². The Morgan fingerprint density at radius 2 is 1.75 bits per heavy atom. The third kappa shape index (κ3) is 2.54. The third-order valence-electron chi connectivity index (χ3n) is 3.54. The molecule has 20 heavy (non-hydrogen) atoms. The maximum Gasteiger partial charge on any atom is 0.228 e. The van der Waals surface area contributed by atoms with E-state index < -0.39 is 0 Å². The van der Waals surface area contributed by atoms with E-state index >= 15 is 0 Å². The van der Waals surface area contributed by atoms with Crippen molar-refractivity contribution in [1.29, 1.82) is 0 Å². The van der Waals surface area contributed by atoms with Crippen LogP contribution in [-0.2, 0) is 4.79 Å². The van der Waals surface area contributed by atoms with Gasteiger partial charge in [0.2, 0.25) is 5.91 Å². The van der Waals surface area contributed by atoms with Gasteiger partial charge in [0.05, 0.1) is 0 Å². The summed E-state index contributed by atoms with van der Waals surface area (Å²) in [6, 6.07) is 12.1. The summed E-state index contributed by atoms with van der Waals surface area (Å²) in [6.07, 6.45) is 0.647. The van der Waals surface area contributed by atoms with Gasteiger partial charge in [-0.3, -0.25) is 4.79 Å². The lowest BCUT2D eigenvalue weighted by Crippen LogP contribution is -2.14. The SMILES string of the molecule is O=C(Nc1ccc(F)cc1)C1CC1c1ccccc1F. The topological polar surface area (TPSA) is 29.1 Å². The first-order chi connectivity index (χ1) is 9.65. The lowest BCUT2D eigenvalue weighted by Gasteiger charge is -2.05. The van der Waals surface area contributed by atoms with Crippen molar-refractivity contribution in [3.05, 3.63) is 65.7 Å². The quantitative estimate of drug-likeness (QED) is 0.907. The van der Waals surface area contributed by atoms with Crippen molar-refractivity contribution < 1.29 is 13.6 Å². The Morgan fingerprint density at radius 1 is 1.05 bits per heavy atom. The molecule has 2 unspecified atom stereocenters. The standard InChI is InChI=1S/C16H13F2NO/c17-10-5-7-11(8-6-10)19-16(20)14-9-13(14)12-3-1-2-4-15(12)18/h1-8,13-14H,9H2,(H,19,20). The first-order valence-corrected chi connectivity index (χ1v) is 6.46. The van der Waals surface area contributed by atoms with E-state index in [4.69, 9.17) is 0 Å². The molecule has 1 fully saturated rings. The van der Waals surface area contributed by atoms with Gasteiger partial charge in [0.25, 0.3) is 0 Å². The minimum atomic E-state index is -0.348. The molecule has 1 aliphatic carbocycles. The van der Waals surface area contributed by atoms with Crippen LogP contribution in [0, 0.1) is 17.6 Å². The summed E-state index contributed by atoms with van der Waals surface area (Å²) < 4.78 is 26.4. The Labute approximate surface area is 115 Å². The maximum atomic E-state index is 13.6. The predicted octanol–water partition coefficient (Wildman–Crippen LogP) is 3.71. The van der Waals surface area contributed by atoms with Crippen LogP contribution in [-0.4, -0.2) is 5.91 Å². The number of carbonyl (C=O) groups is 1. The molecule has 4 heteroatoms. The van der Waals surface area contributed by atoms with Gasteiger partial charge in [-0.2, -0.15) is 0 Å². The number of nitrogens with one attached hydrogen (secondary N) is 1. The molecule has 2 nitrogen and oxygen atoms in total. The maximum absolute atomic E-state index is 13.6.